The SMILES string of the molecule is CC1=CCc2cc3cc(-c4ccc(C(=O)N(C)C)cc4)oc3cc2OC1. The Hall–Kier alpha value is -3.01. The molecule has 0 spiro atoms. The van der Waals surface area contributed by atoms with E-state index in [9.17, 15) is 4.79 Å². The van der Waals surface area contributed by atoms with E-state index in [1.165, 1.54) is 11.1 Å². The molecule has 0 unspecified atom stereocenters. The van der Waals surface area contributed by atoms with Crippen molar-refractivity contribution < 1.29 is 13.9 Å². The largest absolute Gasteiger partial charge is 0.489 e. The molecule has 0 fully saturated rings. The molecule has 2 heterocycles. The second-order valence-electron chi connectivity index (χ2n) is 6.93. The highest BCUT2D eigenvalue weighted by Gasteiger charge is 2.14. The summed E-state index contributed by atoms with van der Waals surface area (Å²) in [7, 11) is 3.50. The van der Waals surface area contributed by atoms with Crippen LogP contribution in [0, 0.1) is 0 Å². The number of allylic oxidation sites excluding steroid dienone is 1. The smallest absolute Gasteiger partial charge is 0.253 e. The number of fused-ring (bicyclic) bond motifs is 2. The van der Waals surface area contributed by atoms with Crippen molar-refractivity contribution in [1.29, 1.82) is 0 Å². The molecule has 3 aromatic rings. The van der Waals surface area contributed by atoms with Gasteiger partial charge in [0.15, 0.2) is 0 Å². The lowest BCUT2D eigenvalue weighted by Crippen LogP contribution is -2.21. The van der Waals surface area contributed by atoms with Gasteiger partial charge in [0, 0.05) is 36.7 Å². The highest BCUT2D eigenvalue weighted by atomic mass is 16.5. The Balaban J connectivity index is 1.69. The first kappa shape index (κ1) is 16.5. The van der Waals surface area contributed by atoms with E-state index in [0.29, 0.717) is 12.2 Å². The second-order valence-corrected chi connectivity index (χ2v) is 6.93. The third kappa shape index (κ3) is 2.99. The van der Waals surface area contributed by atoms with Gasteiger partial charge in [-0.2, -0.15) is 0 Å². The molecule has 0 saturated carbocycles. The van der Waals surface area contributed by atoms with Gasteiger partial charge in [-0.25, -0.2) is 0 Å². The molecule has 4 heteroatoms. The van der Waals surface area contributed by atoms with Gasteiger partial charge in [-0.15, -0.1) is 0 Å². The summed E-state index contributed by atoms with van der Waals surface area (Å²) in [6, 6.07) is 13.7. The lowest BCUT2D eigenvalue weighted by Gasteiger charge is -2.10. The first-order valence-corrected chi connectivity index (χ1v) is 8.68. The average Bonchev–Trinajstić information content (AvgIpc) is 2.97. The van der Waals surface area contributed by atoms with E-state index < -0.39 is 0 Å². The van der Waals surface area contributed by atoms with Crippen LogP contribution in [0.2, 0.25) is 0 Å². The third-order valence-electron chi connectivity index (χ3n) is 4.65. The minimum Gasteiger partial charge on any atom is -0.489 e. The molecule has 0 saturated heterocycles. The maximum Gasteiger partial charge on any atom is 0.253 e. The van der Waals surface area contributed by atoms with Crippen LogP contribution in [0.3, 0.4) is 0 Å². The van der Waals surface area contributed by atoms with Crippen molar-refractivity contribution in [2.45, 2.75) is 13.3 Å². The van der Waals surface area contributed by atoms with Crippen molar-refractivity contribution in [3.8, 4) is 17.1 Å². The van der Waals surface area contributed by atoms with Gasteiger partial charge in [-0.05, 0) is 48.7 Å². The van der Waals surface area contributed by atoms with Gasteiger partial charge >= 0.3 is 0 Å². The lowest BCUT2D eigenvalue weighted by atomic mass is 10.1. The summed E-state index contributed by atoms with van der Waals surface area (Å²) in [5.41, 5.74) is 4.84. The maximum absolute atomic E-state index is 12.0. The van der Waals surface area contributed by atoms with Crippen molar-refractivity contribution in [3.63, 3.8) is 0 Å². The molecule has 1 aliphatic rings. The molecule has 4 rings (SSSR count). The predicted octanol–water partition coefficient (Wildman–Crippen LogP) is 4.68. The van der Waals surface area contributed by atoms with Gasteiger partial charge in [0.2, 0.25) is 0 Å². The summed E-state index contributed by atoms with van der Waals surface area (Å²) in [6.45, 7) is 2.70. The number of carbonyl (C=O) groups excluding carboxylic acids is 1. The normalized spacial score (nSPS) is 13.6. The second kappa shape index (κ2) is 6.37. The summed E-state index contributed by atoms with van der Waals surface area (Å²) in [6.07, 6.45) is 3.08. The van der Waals surface area contributed by atoms with E-state index in [1.54, 1.807) is 19.0 Å². The molecule has 0 bridgehead atoms. The number of hydrogen-bond donors (Lipinski definition) is 0. The van der Waals surface area contributed by atoms with Crippen molar-refractivity contribution in [2.24, 2.45) is 0 Å². The topological polar surface area (TPSA) is 42.7 Å². The van der Waals surface area contributed by atoms with Gasteiger partial charge < -0.3 is 14.1 Å². The highest BCUT2D eigenvalue weighted by Crippen LogP contribution is 2.34. The minimum atomic E-state index is -0.00890. The van der Waals surface area contributed by atoms with E-state index in [-0.39, 0.29) is 5.91 Å². The predicted molar refractivity (Wildman–Crippen MR) is 103 cm³/mol. The molecule has 26 heavy (non-hydrogen) atoms. The fourth-order valence-corrected chi connectivity index (χ4v) is 3.12. The molecular weight excluding hydrogens is 326 g/mol. The van der Waals surface area contributed by atoms with Crippen LogP contribution in [-0.4, -0.2) is 31.5 Å². The van der Waals surface area contributed by atoms with Crippen molar-refractivity contribution in [1.82, 2.24) is 4.90 Å². The molecule has 0 radical (unpaired) electrons. The number of amides is 1. The van der Waals surface area contributed by atoms with E-state index in [2.05, 4.69) is 19.1 Å². The van der Waals surface area contributed by atoms with Gasteiger partial charge in [-0.3, -0.25) is 4.79 Å². The van der Waals surface area contributed by atoms with Gasteiger partial charge in [0.1, 0.15) is 23.7 Å². The number of ether oxygens (including phenoxy) is 1. The van der Waals surface area contributed by atoms with Crippen LogP contribution < -0.4 is 4.74 Å². The zero-order chi connectivity index (χ0) is 18.3. The van der Waals surface area contributed by atoms with E-state index in [4.69, 9.17) is 9.15 Å². The fourth-order valence-electron chi connectivity index (χ4n) is 3.12. The number of furan rings is 1. The van der Waals surface area contributed by atoms with Gasteiger partial charge in [0.05, 0.1) is 0 Å². The molecule has 1 aromatic heterocycles. The fraction of sp³-hybridized carbons (Fsp3) is 0.227. The van der Waals surface area contributed by atoms with E-state index >= 15 is 0 Å². The zero-order valence-corrected chi connectivity index (χ0v) is 15.2. The van der Waals surface area contributed by atoms with Crippen LogP contribution in [-0.2, 0) is 6.42 Å². The molecular formula is C22H21NO3. The zero-order valence-electron chi connectivity index (χ0n) is 15.2. The van der Waals surface area contributed by atoms with Crippen LogP contribution in [0.25, 0.3) is 22.3 Å². The van der Waals surface area contributed by atoms with Gasteiger partial charge in [0.25, 0.3) is 5.91 Å². The highest BCUT2D eigenvalue weighted by molar-refractivity contribution is 5.94. The summed E-state index contributed by atoms with van der Waals surface area (Å²) in [5, 5.41) is 1.06. The average molecular weight is 347 g/mol. The summed E-state index contributed by atoms with van der Waals surface area (Å²) >= 11 is 0. The Bertz CT molecular complexity index is 1010. The number of nitrogens with zero attached hydrogens (tertiary/aromatic N) is 1. The van der Waals surface area contributed by atoms with Crippen molar-refractivity contribution in [2.75, 3.05) is 20.7 Å². The number of benzene rings is 2. The molecule has 0 aliphatic carbocycles. The molecule has 132 valence electrons. The van der Waals surface area contributed by atoms with Crippen LogP contribution in [0.5, 0.6) is 5.75 Å². The van der Waals surface area contributed by atoms with Gasteiger partial charge in [-0.1, -0.05) is 18.2 Å². The first-order chi connectivity index (χ1) is 12.5. The Morgan fingerprint density at radius 2 is 1.85 bits per heavy atom. The molecule has 1 amide bonds. The first-order valence-electron chi connectivity index (χ1n) is 8.68. The minimum absolute atomic E-state index is 0.00890. The van der Waals surface area contributed by atoms with E-state index in [0.717, 1.165) is 34.5 Å². The lowest BCUT2D eigenvalue weighted by molar-refractivity contribution is 0.0827. The third-order valence-corrected chi connectivity index (χ3v) is 4.65. The molecule has 0 atom stereocenters. The quantitative estimate of drug-likeness (QED) is 0.632. The van der Waals surface area contributed by atoms with Crippen molar-refractivity contribution in [3.05, 3.63) is 65.2 Å². The van der Waals surface area contributed by atoms with E-state index in [1.807, 2.05) is 36.4 Å². The molecule has 2 aromatic carbocycles. The molecule has 0 N–H and O–H groups in total. The number of hydrogen-bond acceptors (Lipinski definition) is 3. The molecule has 1 aliphatic heterocycles. The summed E-state index contributed by atoms with van der Waals surface area (Å²) in [5.74, 6) is 1.67. The van der Waals surface area contributed by atoms with Crippen LogP contribution in [0.1, 0.15) is 22.8 Å². The Labute approximate surface area is 152 Å². The van der Waals surface area contributed by atoms with Crippen LogP contribution in [0.4, 0.5) is 0 Å². The Morgan fingerprint density at radius 1 is 1.08 bits per heavy atom. The summed E-state index contributed by atoms with van der Waals surface area (Å²) in [4.78, 5) is 13.6. The monoisotopic (exact) mass is 347 g/mol. The molecule has 4 nitrogen and oxygen atoms in total. The Kier molecular flexibility index (Phi) is 4.03. The van der Waals surface area contributed by atoms with Crippen molar-refractivity contribution >= 4 is 16.9 Å². The number of rotatable bonds is 2. The number of carbonyl (C=O) groups is 1. The Morgan fingerprint density at radius 3 is 2.58 bits per heavy atom. The maximum atomic E-state index is 12.0. The summed E-state index contributed by atoms with van der Waals surface area (Å²) < 4.78 is 11.9. The van der Waals surface area contributed by atoms with Crippen LogP contribution in [0.15, 0.2) is 58.5 Å². The standard InChI is InChI=1S/C22H21NO3/c1-14-4-5-17-10-18-11-20(26-21(18)12-19(17)25-13-14)15-6-8-16(9-7-15)22(24)23(2)3/h4,6-12H,5,13H2,1-3H3. The van der Waals surface area contributed by atoms with Crippen LogP contribution >= 0.6 is 0 Å².